The third kappa shape index (κ3) is 4.07. The molecule has 0 saturated carbocycles. The molecule has 1 N–H and O–H groups in total. The second-order valence-corrected chi connectivity index (χ2v) is 7.49. The van der Waals surface area contributed by atoms with E-state index in [1.54, 1.807) is 0 Å². The molecular formula is C18H28N2O. The summed E-state index contributed by atoms with van der Waals surface area (Å²) in [5.74, 6) is 0.723. The van der Waals surface area contributed by atoms with E-state index in [9.17, 15) is 4.79 Å². The molecule has 1 fully saturated rings. The molecule has 0 radical (unpaired) electrons. The quantitative estimate of drug-likeness (QED) is 0.921. The molecule has 0 aliphatic carbocycles. The minimum Gasteiger partial charge on any atom is -0.334 e. The van der Waals surface area contributed by atoms with Gasteiger partial charge in [0, 0.05) is 12.1 Å². The summed E-state index contributed by atoms with van der Waals surface area (Å²) in [6.07, 6.45) is 0.854. The van der Waals surface area contributed by atoms with Crippen molar-refractivity contribution in [2.24, 2.45) is 5.92 Å². The van der Waals surface area contributed by atoms with Crippen molar-refractivity contribution in [1.29, 1.82) is 0 Å². The fraction of sp³-hybridized carbons (Fsp3) is 0.611. The van der Waals surface area contributed by atoms with Gasteiger partial charge in [-0.1, -0.05) is 44.2 Å². The lowest BCUT2D eigenvalue weighted by Gasteiger charge is -2.27. The SMILES string of the molecule is CC(C)CN1C(=O)[C@@H](NC(C)(C)C)C[C@H]1c1ccccc1. The van der Waals surface area contributed by atoms with Gasteiger partial charge in [-0.2, -0.15) is 0 Å². The van der Waals surface area contributed by atoms with Gasteiger partial charge in [-0.15, -0.1) is 0 Å². The van der Waals surface area contributed by atoms with Crippen LogP contribution in [-0.4, -0.2) is 28.9 Å². The van der Waals surface area contributed by atoms with Crippen molar-refractivity contribution in [2.45, 2.75) is 58.7 Å². The molecule has 1 aromatic carbocycles. The Balaban J connectivity index is 2.23. The molecule has 2 atom stereocenters. The van der Waals surface area contributed by atoms with Gasteiger partial charge in [-0.25, -0.2) is 0 Å². The van der Waals surface area contributed by atoms with Gasteiger partial charge in [0.1, 0.15) is 0 Å². The highest BCUT2D eigenvalue weighted by Gasteiger charge is 2.41. The fourth-order valence-electron chi connectivity index (χ4n) is 3.05. The van der Waals surface area contributed by atoms with Gasteiger partial charge in [-0.3, -0.25) is 4.79 Å². The van der Waals surface area contributed by atoms with Gasteiger partial charge in [0.15, 0.2) is 0 Å². The Bertz CT molecular complexity index is 476. The average molecular weight is 288 g/mol. The molecule has 21 heavy (non-hydrogen) atoms. The van der Waals surface area contributed by atoms with E-state index in [-0.39, 0.29) is 23.5 Å². The first-order chi connectivity index (χ1) is 9.78. The molecule has 0 spiro atoms. The van der Waals surface area contributed by atoms with Crippen LogP contribution in [0.2, 0.25) is 0 Å². The molecule has 2 rings (SSSR count). The van der Waals surface area contributed by atoms with Crippen LogP contribution in [0.4, 0.5) is 0 Å². The number of benzene rings is 1. The molecule has 1 aliphatic heterocycles. The van der Waals surface area contributed by atoms with Gasteiger partial charge >= 0.3 is 0 Å². The topological polar surface area (TPSA) is 32.3 Å². The molecule has 0 aromatic heterocycles. The zero-order valence-corrected chi connectivity index (χ0v) is 13.9. The summed E-state index contributed by atoms with van der Waals surface area (Å²) in [6.45, 7) is 11.5. The number of hydrogen-bond donors (Lipinski definition) is 1. The molecule has 116 valence electrons. The van der Waals surface area contributed by atoms with Gasteiger partial charge in [0.2, 0.25) is 5.91 Å². The Kier molecular flexibility index (Phi) is 4.72. The zero-order chi connectivity index (χ0) is 15.6. The predicted molar refractivity (Wildman–Crippen MR) is 87.0 cm³/mol. The minimum absolute atomic E-state index is 0.0462. The molecule has 1 saturated heterocycles. The summed E-state index contributed by atoms with van der Waals surface area (Å²) in [4.78, 5) is 14.8. The van der Waals surface area contributed by atoms with Crippen LogP contribution in [0.3, 0.4) is 0 Å². The highest BCUT2D eigenvalue weighted by molar-refractivity contribution is 5.85. The lowest BCUT2D eigenvalue weighted by Crippen LogP contribution is -2.48. The second kappa shape index (κ2) is 6.18. The van der Waals surface area contributed by atoms with Crippen LogP contribution < -0.4 is 5.32 Å². The van der Waals surface area contributed by atoms with E-state index in [2.05, 4.69) is 69.1 Å². The molecule has 0 unspecified atom stereocenters. The van der Waals surface area contributed by atoms with E-state index in [4.69, 9.17) is 0 Å². The number of carbonyl (C=O) groups excluding carboxylic acids is 1. The summed E-state index contributed by atoms with van der Waals surface area (Å²) < 4.78 is 0. The predicted octanol–water partition coefficient (Wildman–Crippen LogP) is 3.37. The Morgan fingerprint density at radius 3 is 2.38 bits per heavy atom. The summed E-state index contributed by atoms with van der Waals surface area (Å²) in [5, 5.41) is 3.48. The van der Waals surface area contributed by atoms with Crippen LogP contribution in [0.15, 0.2) is 30.3 Å². The van der Waals surface area contributed by atoms with Gasteiger partial charge in [0.05, 0.1) is 12.1 Å². The van der Waals surface area contributed by atoms with Crippen LogP contribution in [-0.2, 0) is 4.79 Å². The summed E-state index contributed by atoms with van der Waals surface area (Å²) in [5.41, 5.74) is 1.19. The summed E-state index contributed by atoms with van der Waals surface area (Å²) >= 11 is 0. The van der Waals surface area contributed by atoms with E-state index in [1.807, 2.05) is 6.07 Å². The lowest BCUT2D eigenvalue weighted by molar-refractivity contribution is -0.131. The maximum atomic E-state index is 12.8. The Morgan fingerprint density at radius 1 is 1.24 bits per heavy atom. The average Bonchev–Trinajstić information content (AvgIpc) is 2.66. The number of nitrogens with zero attached hydrogens (tertiary/aromatic N) is 1. The number of amides is 1. The van der Waals surface area contributed by atoms with Gasteiger partial charge in [0.25, 0.3) is 0 Å². The van der Waals surface area contributed by atoms with Crippen molar-refractivity contribution in [3.8, 4) is 0 Å². The summed E-state index contributed by atoms with van der Waals surface area (Å²) in [6, 6.07) is 10.5. The lowest BCUT2D eigenvalue weighted by atomic mass is 10.0. The molecule has 1 heterocycles. The fourth-order valence-corrected chi connectivity index (χ4v) is 3.05. The van der Waals surface area contributed by atoms with Crippen molar-refractivity contribution in [3.05, 3.63) is 35.9 Å². The Morgan fingerprint density at radius 2 is 1.86 bits per heavy atom. The van der Waals surface area contributed by atoms with Crippen molar-refractivity contribution in [3.63, 3.8) is 0 Å². The molecule has 0 bridgehead atoms. The molecule has 3 heteroatoms. The first kappa shape index (κ1) is 16.0. The first-order valence-corrected chi connectivity index (χ1v) is 7.91. The normalized spacial score (nSPS) is 23.1. The van der Waals surface area contributed by atoms with Gasteiger partial charge < -0.3 is 10.2 Å². The van der Waals surface area contributed by atoms with Crippen LogP contribution in [0.1, 0.15) is 52.6 Å². The summed E-state index contributed by atoms with van der Waals surface area (Å²) in [7, 11) is 0. The van der Waals surface area contributed by atoms with E-state index in [0.29, 0.717) is 5.92 Å². The van der Waals surface area contributed by atoms with Crippen LogP contribution in [0.25, 0.3) is 0 Å². The highest BCUT2D eigenvalue weighted by Crippen LogP contribution is 2.34. The smallest absolute Gasteiger partial charge is 0.240 e. The van der Waals surface area contributed by atoms with E-state index in [0.717, 1.165) is 13.0 Å². The maximum absolute atomic E-state index is 12.8. The highest BCUT2D eigenvalue weighted by atomic mass is 16.2. The number of likely N-dealkylation sites (tertiary alicyclic amines) is 1. The number of hydrogen-bond acceptors (Lipinski definition) is 2. The zero-order valence-electron chi connectivity index (χ0n) is 13.9. The molecule has 3 nitrogen and oxygen atoms in total. The maximum Gasteiger partial charge on any atom is 0.240 e. The number of rotatable bonds is 4. The third-order valence-electron chi connectivity index (χ3n) is 3.77. The van der Waals surface area contributed by atoms with E-state index in [1.165, 1.54) is 5.56 Å². The third-order valence-corrected chi connectivity index (χ3v) is 3.77. The van der Waals surface area contributed by atoms with Crippen LogP contribution in [0.5, 0.6) is 0 Å². The molecule has 1 amide bonds. The largest absolute Gasteiger partial charge is 0.334 e. The van der Waals surface area contributed by atoms with Crippen molar-refractivity contribution >= 4 is 5.91 Å². The molecule has 1 aliphatic rings. The number of nitrogens with one attached hydrogen (secondary N) is 1. The number of carbonyl (C=O) groups is 1. The standard InChI is InChI=1S/C18H28N2O/c1-13(2)12-20-16(14-9-7-6-8-10-14)11-15(17(20)21)19-18(3,4)5/h6-10,13,15-16,19H,11-12H2,1-5H3/t15-,16-/m0/s1. The van der Waals surface area contributed by atoms with Crippen molar-refractivity contribution in [1.82, 2.24) is 10.2 Å². The van der Waals surface area contributed by atoms with Crippen molar-refractivity contribution < 1.29 is 4.79 Å². The Labute approximate surface area is 128 Å². The minimum atomic E-state index is -0.0750. The Hall–Kier alpha value is -1.35. The van der Waals surface area contributed by atoms with Crippen LogP contribution >= 0.6 is 0 Å². The van der Waals surface area contributed by atoms with Crippen LogP contribution in [0, 0.1) is 5.92 Å². The monoisotopic (exact) mass is 288 g/mol. The molecular weight excluding hydrogens is 260 g/mol. The van der Waals surface area contributed by atoms with E-state index >= 15 is 0 Å². The second-order valence-electron chi connectivity index (χ2n) is 7.49. The van der Waals surface area contributed by atoms with Gasteiger partial charge in [-0.05, 0) is 38.7 Å². The molecule has 1 aromatic rings. The van der Waals surface area contributed by atoms with Crippen molar-refractivity contribution in [2.75, 3.05) is 6.54 Å². The van der Waals surface area contributed by atoms with E-state index < -0.39 is 0 Å². The first-order valence-electron chi connectivity index (χ1n) is 7.91.